The summed E-state index contributed by atoms with van der Waals surface area (Å²) < 4.78 is 7.87. The van der Waals surface area contributed by atoms with Crippen molar-refractivity contribution in [2.75, 3.05) is 6.54 Å². The van der Waals surface area contributed by atoms with Crippen molar-refractivity contribution in [2.45, 2.75) is 50.4 Å². The molecule has 2 aliphatic carbocycles. The largest absolute Gasteiger partial charge is 0.468 e. The van der Waals surface area contributed by atoms with Crippen LogP contribution in [0.15, 0.2) is 35.3 Å². The van der Waals surface area contributed by atoms with Crippen LogP contribution < -0.4 is 5.73 Å². The molecule has 2 aromatic rings. The summed E-state index contributed by atoms with van der Waals surface area (Å²) in [4.78, 5) is 6.86. The molecule has 2 aliphatic rings. The van der Waals surface area contributed by atoms with E-state index in [1.54, 1.807) is 6.26 Å². The van der Waals surface area contributed by atoms with Crippen LogP contribution in [0.25, 0.3) is 0 Å². The van der Waals surface area contributed by atoms with E-state index >= 15 is 0 Å². The second-order valence-corrected chi connectivity index (χ2v) is 6.19. The molecule has 0 radical (unpaired) electrons. The second kappa shape index (κ2) is 5.31. The highest BCUT2D eigenvalue weighted by atomic mass is 16.3. The summed E-state index contributed by atoms with van der Waals surface area (Å²) in [5.41, 5.74) is 7.40. The van der Waals surface area contributed by atoms with Gasteiger partial charge in [-0.05, 0) is 37.8 Å². The molecule has 2 fully saturated rings. The van der Waals surface area contributed by atoms with Gasteiger partial charge in [0.1, 0.15) is 5.76 Å². The van der Waals surface area contributed by atoms with Crippen LogP contribution in [-0.4, -0.2) is 27.0 Å². The molecule has 1 atom stereocenters. The minimum Gasteiger partial charge on any atom is -0.468 e. The molecule has 1 unspecified atom stereocenters. The molecular formula is C16H22N4O. The van der Waals surface area contributed by atoms with Crippen molar-refractivity contribution in [3.63, 3.8) is 0 Å². The van der Waals surface area contributed by atoms with E-state index in [1.165, 1.54) is 31.4 Å². The SMILES string of the molecule is NCC(c1cncn1C1CC1)N(Cc1ccco1)C1CC1. The Kier molecular flexibility index (Phi) is 3.31. The van der Waals surface area contributed by atoms with E-state index in [-0.39, 0.29) is 6.04 Å². The zero-order valence-corrected chi connectivity index (χ0v) is 12.2. The van der Waals surface area contributed by atoms with Crippen LogP contribution in [0, 0.1) is 0 Å². The third kappa shape index (κ3) is 2.63. The summed E-state index contributed by atoms with van der Waals surface area (Å²) in [6.07, 6.45) is 10.8. The molecule has 0 aromatic carbocycles. The molecule has 112 valence electrons. The van der Waals surface area contributed by atoms with Crippen LogP contribution in [0.2, 0.25) is 0 Å². The number of nitrogens with two attached hydrogens (primary N) is 1. The molecule has 0 aliphatic heterocycles. The van der Waals surface area contributed by atoms with Gasteiger partial charge in [-0.3, -0.25) is 4.90 Å². The van der Waals surface area contributed by atoms with Gasteiger partial charge in [0.15, 0.2) is 0 Å². The molecule has 0 bridgehead atoms. The van der Waals surface area contributed by atoms with Gasteiger partial charge < -0.3 is 14.7 Å². The van der Waals surface area contributed by atoms with E-state index in [4.69, 9.17) is 10.2 Å². The fourth-order valence-electron chi connectivity index (χ4n) is 3.14. The number of aromatic nitrogens is 2. The van der Waals surface area contributed by atoms with Gasteiger partial charge in [0, 0.05) is 24.8 Å². The molecule has 2 aromatic heterocycles. The van der Waals surface area contributed by atoms with E-state index in [2.05, 4.69) is 14.5 Å². The predicted molar refractivity (Wildman–Crippen MR) is 79.6 cm³/mol. The normalized spacial score (nSPS) is 20.1. The molecule has 2 saturated carbocycles. The third-order valence-electron chi connectivity index (χ3n) is 4.54. The minimum atomic E-state index is 0.227. The fourth-order valence-corrected chi connectivity index (χ4v) is 3.14. The Morgan fingerprint density at radius 3 is 2.86 bits per heavy atom. The number of rotatable bonds is 7. The summed E-state index contributed by atoms with van der Waals surface area (Å²) in [6.45, 7) is 1.45. The summed E-state index contributed by atoms with van der Waals surface area (Å²) in [7, 11) is 0. The van der Waals surface area contributed by atoms with Crippen LogP contribution in [0.4, 0.5) is 0 Å². The molecule has 0 spiro atoms. The number of imidazole rings is 1. The van der Waals surface area contributed by atoms with Crippen molar-refractivity contribution in [2.24, 2.45) is 5.73 Å². The van der Waals surface area contributed by atoms with Crippen molar-refractivity contribution < 1.29 is 4.42 Å². The zero-order chi connectivity index (χ0) is 14.2. The highest BCUT2D eigenvalue weighted by molar-refractivity contribution is 5.12. The smallest absolute Gasteiger partial charge is 0.117 e. The highest BCUT2D eigenvalue weighted by Gasteiger charge is 2.37. The number of nitrogens with zero attached hydrogens (tertiary/aromatic N) is 3. The Hall–Kier alpha value is -1.59. The van der Waals surface area contributed by atoms with E-state index in [9.17, 15) is 0 Å². The fraction of sp³-hybridized carbons (Fsp3) is 0.562. The van der Waals surface area contributed by atoms with Crippen LogP contribution in [0.5, 0.6) is 0 Å². The summed E-state index contributed by atoms with van der Waals surface area (Å²) in [5.74, 6) is 1.01. The molecule has 0 saturated heterocycles. The Balaban J connectivity index is 1.60. The minimum absolute atomic E-state index is 0.227. The lowest BCUT2D eigenvalue weighted by atomic mass is 10.1. The van der Waals surface area contributed by atoms with E-state index in [0.717, 1.165) is 12.3 Å². The van der Waals surface area contributed by atoms with Gasteiger partial charge in [-0.15, -0.1) is 0 Å². The number of hydrogen-bond acceptors (Lipinski definition) is 4. The molecule has 2 heterocycles. The zero-order valence-electron chi connectivity index (χ0n) is 12.2. The van der Waals surface area contributed by atoms with E-state index in [0.29, 0.717) is 18.6 Å². The standard InChI is InChI=1S/C16H22N4O/c17-8-15(16-9-18-11-20(16)13-5-6-13)19(12-3-4-12)10-14-2-1-7-21-14/h1-2,7,9,11-13,15H,3-6,8,10,17H2. The molecular weight excluding hydrogens is 264 g/mol. The Morgan fingerprint density at radius 1 is 1.38 bits per heavy atom. The van der Waals surface area contributed by atoms with Crippen molar-refractivity contribution >= 4 is 0 Å². The van der Waals surface area contributed by atoms with Gasteiger partial charge in [0.2, 0.25) is 0 Å². The van der Waals surface area contributed by atoms with Crippen molar-refractivity contribution in [3.05, 3.63) is 42.4 Å². The topological polar surface area (TPSA) is 60.2 Å². The monoisotopic (exact) mass is 286 g/mol. The maximum absolute atomic E-state index is 6.14. The lowest BCUT2D eigenvalue weighted by Gasteiger charge is -2.31. The van der Waals surface area contributed by atoms with Gasteiger partial charge >= 0.3 is 0 Å². The third-order valence-corrected chi connectivity index (χ3v) is 4.54. The van der Waals surface area contributed by atoms with Gasteiger partial charge in [-0.25, -0.2) is 4.98 Å². The quantitative estimate of drug-likeness (QED) is 0.849. The molecule has 21 heavy (non-hydrogen) atoms. The maximum Gasteiger partial charge on any atom is 0.117 e. The molecule has 5 heteroatoms. The maximum atomic E-state index is 6.14. The van der Waals surface area contributed by atoms with Gasteiger partial charge in [-0.1, -0.05) is 0 Å². The molecule has 5 nitrogen and oxygen atoms in total. The van der Waals surface area contributed by atoms with Crippen LogP contribution in [0.1, 0.15) is 49.2 Å². The van der Waals surface area contributed by atoms with Crippen LogP contribution >= 0.6 is 0 Å². The van der Waals surface area contributed by atoms with Crippen molar-refractivity contribution in [1.82, 2.24) is 14.5 Å². The van der Waals surface area contributed by atoms with Crippen molar-refractivity contribution in [3.8, 4) is 0 Å². The summed E-state index contributed by atoms with van der Waals surface area (Å²) in [5, 5.41) is 0. The lowest BCUT2D eigenvalue weighted by molar-refractivity contribution is 0.161. The average molecular weight is 286 g/mol. The Morgan fingerprint density at radius 2 is 2.24 bits per heavy atom. The first-order chi connectivity index (χ1) is 10.4. The van der Waals surface area contributed by atoms with E-state index in [1.807, 2.05) is 24.7 Å². The van der Waals surface area contributed by atoms with Crippen LogP contribution in [-0.2, 0) is 6.54 Å². The number of hydrogen-bond donors (Lipinski definition) is 1. The summed E-state index contributed by atoms with van der Waals surface area (Å²) >= 11 is 0. The molecule has 4 rings (SSSR count). The first-order valence-electron chi connectivity index (χ1n) is 7.86. The Bertz CT molecular complexity index is 583. The highest BCUT2D eigenvalue weighted by Crippen LogP contribution is 2.40. The molecule has 2 N–H and O–H groups in total. The van der Waals surface area contributed by atoms with E-state index < -0.39 is 0 Å². The van der Waals surface area contributed by atoms with Gasteiger partial charge in [0.05, 0.1) is 30.9 Å². The second-order valence-electron chi connectivity index (χ2n) is 6.19. The Labute approximate surface area is 124 Å². The molecule has 0 amide bonds. The van der Waals surface area contributed by atoms with Crippen molar-refractivity contribution in [1.29, 1.82) is 0 Å². The van der Waals surface area contributed by atoms with Gasteiger partial charge in [0.25, 0.3) is 0 Å². The lowest BCUT2D eigenvalue weighted by Crippen LogP contribution is -2.36. The van der Waals surface area contributed by atoms with Gasteiger partial charge in [-0.2, -0.15) is 0 Å². The van der Waals surface area contributed by atoms with Crippen LogP contribution in [0.3, 0.4) is 0 Å². The first kappa shape index (κ1) is 13.1. The first-order valence-corrected chi connectivity index (χ1v) is 7.86. The number of furan rings is 1. The average Bonchev–Trinajstić information content (AvgIpc) is 3.43. The predicted octanol–water partition coefficient (Wildman–Crippen LogP) is 2.48. The summed E-state index contributed by atoms with van der Waals surface area (Å²) in [6, 6.07) is 5.49.